The smallest absolute Gasteiger partial charge is 0.176 e. The molecule has 0 spiro atoms. The number of hydrogen-bond acceptors (Lipinski definition) is 3. The van der Waals surface area contributed by atoms with Gasteiger partial charge in [0.2, 0.25) is 0 Å². The Bertz CT molecular complexity index is 693. The van der Waals surface area contributed by atoms with Gasteiger partial charge in [-0.15, -0.1) is 0 Å². The first kappa shape index (κ1) is 12.7. The first-order valence-corrected chi connectivity index (χ1v) is 6.73. The van der Waals surface area contributed by atoms with Crippen molar-refractivity contribution in [3.63, 3.8) is 0 Å². The van der Waals surface area contributed by atoms with Crippen molar-refractivity contribution in [1.82, 2.24) is 19.3 Å². The number of aryl methyl sites for hydroxylation is 2. The Morgan fingerprint density at radius 3 is 2.85 bits per heavy atom. The van der Waals surface area contributed by atoms with Crippen LogP contribution in [0.2, 0.25) is 0 Å². The van der Waals surface area contributed by atoms with Crippen molar-refractivity contribution in [2.45, 2.75) is 33.4 Å². The van der Waals surface area contributed by atoms with Gasteiger partial charge in [-0.2, -0.15) is 5.10 Å². The van der Waals surface area contributed by atoms with Gasteiger partial charge in [0.15, 0.2) is 11.6 Å². The van der Waals surface area contributed by atoms with Crippen molar-refractivity contribution in [3.8, 4) is 11.6 Å². The quantitative estimate of drug-likeness (QED) is 0.731. The minimum Gasteiger partial charge on any atom is -0.461 e. The molecule has 3 rings (SSSR count). The van der Waals surface area contributed by atoms with E-state index in [-0.39, 0.29) is 6.04 Å². The largest absolute Gasteiger partial charge is 0.461 e. The molecular formula is C15H18N4O. The third kappa shape index (κ3) is 2.27. The lowest BCUT2D eigenvalue weighted by atomic mass is 10.3. The van der Waals surface area contributed by atoms with Crippen LogP contribution < -0.4 is 0 Å². The van der Waals surface area contributed by atoms with E-state index in [1.54, 1.807) is 12.5 Å². The van der Waals surface area contributed by atoms with Crippen LogP contribution in [0.3, 0.4) is 0 Å². The minimum atomic E-state index is 0.256. The molecule has 0 aromatic carbocycles. The molecule has 5 heteroatoms. The van der Waals surface area contributed by atoms with Crippen molar-refractivity contribution in [2.75, 3.05) is 0 Å². The molecule has 0 saturated heterocycles. The molecule has 0 fully saturated rings. The zero-order chi connectivity index (χ0) is 14.1. The highest BCUT2D eigenvalue weighted by Crippen LogP contribution is 2.20. The Balaban J connectivity index is 1.85. The summed E-state index contributed by atoms with van der Waals surface area (Å²) in [6.07, 6.45) is 5.44. The van der Waals surface area contributed by atoms with Crippen molar-refractivity contribution in [2.24, 2.45) is 0 Å². The van der Waals surface area contributed by atoms with E-state index < -0.39 is 0 Å². The molecular weight excluding hydrogens is 252 g/mol. The molecule has 1 atom stereocenters. The Kier molecular flexibility index (Phi) is 3.18. The lowest BCUT2D eigenvalue weighted by molar-refractivity contribution is 0.416. The number of hydrogen-bond donors (Lipinski definition) is 0. The predicted molar refractivity (Wildman–Crippen MR) is 76.3 cm³/mol. The van der Waals surface area contributed by atoms with E-state index in [1.807, 2.05) is 25.3 Å². The van der Waals surface area contributed by atoms with Gasteiger partial charge in [0.1, 0.15) is 0 Å². The lowest BCUT2D eigenvalue weighted by Crippen LogP contribution is -2.15. The number of rotatable bonds is 4. The molecule has 20 heavy (non-hydrogen) atoms. The highest BCUT2D eigenvalue weighted by atomic mass is 16.3. The third-order valence-electron chi connectivity index (χ3n) is 3.38. The van der Waals surface area contributed by atoms with Crippen molar-refractivity contribution in [3.05, 3.63) is 48.2 Å². The standard InChI is InChI=1S/C15H18N4O/c1-11-9-12(2)19(17-11)13(3)10-18-7-6-16-15(18)14-5-4-8-20-14/h4-9,13H,10H2,1-3H3. The normalized spacial score (nSPS) is 12.8. The zero-order valence-electron chi connectivity index (χ0n) is 11.9. The fourth-order valence-electron chi connectivity index (χ4n) is 2.54. The molecule has 5 nitrogen and oxygen atoms in total. The molecule has 0 amide bonds. The Labute approximate surface area is 117 Å². The average Bonchev–Trinajstić information content (AvgIpc) is 3.09. The summed E-state index contributed by atoms with van der Waals surface area (Å²) in [5.74, 6) is 1.64. The molecule has 3 aromatic rings. The second-order valence-corrected chi connectivity index (χ2v) is 5.10. The van der Waals surface area contributed by atoms with E-state index in [0.29, 0.717) is 0 Å². The summed E-state index contributed by atoms with van der Waals surface area (Å²) in [5.41, 5.74) is 2.22. The van der Waals surface area contributed by atoms with Crippen LogP contribution in [0.5, 0.6) is 0 Å². The van der Waals surface area contributed by atoms with Gasteiger partial charge in [-0.1, -0.05) is 0 Å². The van der Waals surface area contributed by atoms with Gasteiger partial charge in [-0.25, -0.2) is 4.98 Å². The summed E-state index contributed by atoms with van der Waals surface area (Å²) < 4.78 is 9.58. The summed E-state index contributed by atoms with van der Waals surface area (Å²) in [4.78, 5) is 4.37. The van der Waals surface area contributed by atoms with Crippen LogP contribution in [0.4, 0.5) is 0 Å². The average molecular weight is 270 g/mol. The van der Waals surface area contributed by atoms with E-state index in [2.05, 4.69) is 39.2 Å². The number of furan rings is 1. The summed E-state index contributed by atoms with van der Waals surface area (Å²) in [6.45, 7) is 7.06. The van der Waals surface area contributed by atoms with Crippen LogP contribution in [0.15, 0.2) is 41.3 Å². The van der Waals surface area contributed by atoms with Gasteiger partial charge in [-0.3, -0.25) is 4.68 Å². The first-order chi connectivity index (χ1) is 9.65. The molecule has 3 aromatic heterocycles. The molecule has 0 N–H and O–H groups in total. The van der Waals surface area contributed by atoms with E-state index >= 15 is 0 Å². The fraction of sp³-hybridized carbons (Fsp3) is 0.333. The van der Waals surface area contributed by atoms with E-state index in [1.165, 1.54) is 5.69 Å². The SMILES string of the molecule is Cc1cc(C)n(C(C)Cn2ccnc2-c2ccco2)n1. The topological polar surface area (TPSA) is 48.8 Å². The molecule has 0 aliphatic rings. The highest BCUT2D eigenvalue weighted by molar-refractivity contribution is 5.46. The summed E-state index contributed by atoms with van der Waals surface area (Å²) >= 11 is 0. The summed E-state index contributed by atoms with van der Waals surface area (Å²) in [5, 5.41) is 4.54. The maximum atomic E-state index is 5.43. The first-order valence-electron chi connectivity index (χ1n) is 6.73. The maximum Gasteiger partial charge on any atom is 0.176 e. The van der Waals surface area contributed by atoms with Crippen molar-refractivity contribution in [1.29, 1.82) is 0 Å². The van der Waals surface area contributed by atoms with Crippen LogP contribution in [0.25, 0.3) is 11.6 Å². The molecule has 3 heterocycles. The molecule has 0 bridgehead atoms. The monoisotopic (exact) mass is 270 g/mol. The van der Waals surface area contributed by atoms with Crippen LogP contribution >= 0.6 is 0 Å². The Morgan fingerprint density at radius 1 is 1.35 bits per heavy atom. The van der Waals surface area contributed by atoms with Crippen LogP contribution in [-0.4, -0.2) is 19.3 Å². The van der Waals surface area contributed by atoms with E-state index in [4.69, 9.17) is 4.42 Å². The van der Waals surface area contributed by atoms with Gasteiger partial charge < -0.3 is 8.98 Å². The maximum absolute atomic E-state index is 5.43. The third-order valence-corrected chi connectivity index (χ3v) is 3.38. The number of nitrogens with zero attached hydrogens (tertiary/aromatic N) is 4. The Hall–Kier alpha value is -2.30. The molecule has 0 aliphatic heterocycles. The van der Waals surface area contributed by atoms with Crippen LogP contribution in [-0.2, 0) is 6.54 Å². The molecule has 0 saturated carbocycles. The molecule has 1 unspecified atom stereocenters. The summed E-state index contributed by atoms with van der Waals surface area (Å²) in [7, 11) is 0. The van der Waals surface area contributed by atoms with Crippen molar-refractivity contribution < 1.29 is 4.42 Å². The Morgan fingerprint density at radius 2 is 2.20 bits per heavy atom. The minimum absolute atomic E-state index is 0.256. The number of imidazole rings is 1. The van der Waals surface area contributed by atoms with Crippen LogP contribution in [0.1, 0.15) is 24.4 Å². The fourth-order valence-corrected chi connectivity index (χ4v) is 2.54. The van der Waals surface area contributed by atoms with Gasteiger partial charge in [0, 0.05) is 24.6 Å². The van der Waals surface area contributed by atoms with Gasteiger partial charge in [-0.05, 0) is 39.0 Å². The molecule has 0 aliphatic carbocycles. The summed E-state index contributed by atoms with van der Waals surface area (Å²) in [6, 6.07) is 6.15. The second kappa shape index (κ2) is 5.00. The van der Waals surface area contributed by atoms with Gasteiger partial charge in [0.05, 0.1) is 18.0 Å². The van der Waals surface area contributed by atoms with Gasteiger partial charge >= 0.3 is 0 Å². The molecule has 0 radical (unpaired) electrons. The number of aromatic nitrogens is 4. The van der Waals surface area contributed by atoms with Crippen LogP contribution in [0, 0.1) is 13.8 Å². The second-order valence-electron chi connectivity index (χ2n) is 5.10. The van der Waals surface area contributed by atoms with Crippen molar-refractivity contribution >= 4 is 0 Å². The highest BCUT2D eigenvalue weighted by Gasteiger charge is 2.14. The van der Waals surface area contributed by atoms with E-state index in [0.717, 1.165) is 23.8 Å². The van der Waals surface area contributed by atoms with Gasteiger partial charge in [0.25, 0.3) is 0 Å². The lowest BCUT2D eigenvalue weighted by Gasteiger charge is -2.16. The van der Waals surface area contributed by atoms with E-state index in [9.17, 15) is 0 Å². The predicted octanol–water partition coefficient (Wildman–Crippen LogP) is 3.22. The zero-order valence-corrected chi connectivity index (χ0v) is 11.9. The molecule has 104 valence electrons.